The van der Waals surface area contributed by atoms with Gasteiger partial charge in [0.05, 0.1) is 11.6 Å². The summed E-state index contributed by atoms with van der Waals surface area (Å²) in [6.45, 7) is 0.743. The van der Waals surface area contributed by atoms with Gasteiger partial charge in [-0.25, -0.2) is 4.79 Å². The fraction of sp³-hybridized carbons (Fsp3) is 0.125. The van der Waals surface area contributed by atoms with Gasteiger partial charge < -0.3 is 16.0 Å². The number of hydrogen-bond acceptors (Lipinski definition) is 3. The molecule has 0 bridgehead atoms. The smallest absolute Gasteiger partial charge is 0.316 e. The Morgan fingerprint density at radius 3 is 2.48 bits per heavy atom. The molecule has 0 heterocycles. The Labute approximate surface area is 123 Å². The van der Waals surface area contributed by atoms with Crippen LogP contribution in [0.25, 0.3) is 0 Å². The summed E-state index contributed by atoms with van der Waals surface area (Å²) in [6.07, 6.45) is 0. The quantitative estimate of drug-likeness (QED) is 0.806. The van der Waals surface area contributed by atoms with E-state index in [1.54, 1.807) is 24.3 Å². The monoisotopic (exact) mass is 280 g/mol. The molecule has 0 aliphatic rings. The summed E-state index contributed by atoms with van der Waals surface area (Å²) in [4.78, 5) is 11.9. The highest BCUT2D eigenvalue weighted by Crippen LogP contribution is 2.12. The van der Waals surface area contributed by atoms with Gasteiger partial charge in [-0.3, -0.25) is 0 Å². The lowest BCUT2D eigenvalue weighted by Gasteiger charge is -2.09. The molecule has 0 atom stereocenters. The number of urea groups is 1. The number of nitrogens with one attached hydrogen (secondary N) is 3. The van der Waals surface area contributed by atoms with Crippen LogP contribution < -0.4 is 16.0 Å². The minimum Gasteiger partial charge on any atom is -0.316 e. The number of anilines is 2. The fourth-order valence-corrected chi connectivity index (χ4v) is 1.88. The number of hydrogen-bond donors (Lipinski definition) is 3. The third-order valence-electron chi connectivity index (χ3n) is 2.84. The molecule has 0 aliphatic carbocycles. The number of amides is 2. The average molecular weight is 280 g/mol. The van der Waals surface area contributed by atoms with E-state index in [9.17, 15) is 4.79 Å². The van der Waals surface area contributed by atoms with Crippen LogP contribution in [0.4, 0.5) is 16.2 Å². The van der Waals surface area contributed by atoms with E-state index in [2.05, 4.69) is 16.0 Å². The molecule has 21 heavy (non-hydrogen) atoms. The molecule has 0 aromatic heterocycles. The van der Waals surface area contributed by atoms with Crippen LogP contribution in [0.15, 0.2) is 48.5 Å². The van der Waals surface area contributed by atoms with Crippen molar-refractivity contribution in [2.75, 3.05) is 17.7 Å². The van der Waals surface area contributed by atoms with Crippen LogP contribution in [0.1, 0.15) is 11.1 Å². The molecule has 0 aliphatic heterocycles. The zero-order valence-electron chi connectivity index (χ0n) is 11.7. The summed E-state index contributed by atoms with van der Waals surface area (Å²) in [5, 5.41) is 17.3. The van der Waals surface area contributed by atoms with Crippen LogP contribution in [0.2, 0.25) is 0 Å². The molecule has 5 nitrogen and oxygen atoms in total. The predicted octanol–water partition coefficient (Wildman–Crippen LogP) is 2.92. The normalized spacial score (nSPS) is 9.71. The Bertz CT molecular complexity index is 659. The third-order valence-corrected chi connectivity index (χ3v) is 2.84. The number of nitriles is 1. The molecule has 2 rings (SSSR count). The first kappa shape index (κ1) is 14.6. The van der Waals surface area contributed by atoms with Crippen molar-refractivity contribution in [2.45, 2.75) is 6.54 Å². The van der Waals surface area contributed by atoms with E-state index < -0.39 is 0 Å². The van der Waals surface area contributed by atoms with Gasteiger partial charge in [0.1, 0.15) is 0 Å². The SMILES string of the molecule is CNCc1cccc(NC(=O)Nc2ccc(C#N)cc2)c1. The van der Waals surface area contributed by atoms with Gasteiger partial charge in [-0.05, 0) is 49.0 Å². The van der Waals surface area contributed by atoms with Gasteiger partial charge in [-0.15, -0.1) is 0 Å². The Hall–Kier alpha value is -2.84. The summed E-state index contributed by atoms with van der Waals surface area (Å²) in [6, 6.07) is 16.0. The van der Waals surface area contributed by atoms with Crippen molar-refractivity contribution in [1.29, 1.82) is 5.26 Å². The van der Waals surface area contributed by atoms with E-state index in [0.29, 0.717) is 11.3 Å². The average Bonchev–Trinajstić information content (AvgIpc) is 2.48. The van der Waals surface area contributed by atoms with Crippen molar-refractivity contribution in [3.05, 3.63) is 59.7 Å². The van der Waals surface area contributed by atoms with E-state index in [-0.39, 0.29) is 6.03 Å². The molecular weight excluding hydrogens is 264 g/mol. The lowest BCUT2D eigenvalue weighted by Crippen LogP contribution is -2.19. The summed E-state index contributed by atoms with van der Waals surface area (Å²) in [5.74, 6) is 0. The first-order valence-corrected chi connectivity index (χ1v) is 6.53. The summed E-state index contributed by atoms with van der Waals surface area (Å²) < 4.78 is 0. The van der Waals surface area contributed by atoms with Crippen LogP contribution in [0.3, 0.4) is 0 Å². The number of benzene rings is 2. The zero-order valence-corrected chi connectivity index (χ0v) is 11.7. The van der Waals surface area contributed by atoms with E-state index in [1.165, 1.54) is 0 Å². The highest BCUT2D eigenvalue weighted by atomic mass is 16.2. The Morgan fingerprint density at radius 1 is 1.10 bits per heavy atom. The Kier molecular flexibility index (Phi) is 4.91. The third kappa shape index (κ3) is 4.34. The molecule has 2 aromatic carbocycles. The van der Waals surface area contributed by atoms with Crippen LogP contribution in [0.5, 0.6) is 0 Å². The van der Waals surface area contributed by atoms with E-state index in [0.717, 1.165) is 17.8 Å². The topological polar surface area (TPSA) is 76.9 Å². The van der Waals surface area contributed by atoms with Crippen molar-refractivity contribution in [2.24, 2.45) is 0 Å². The van der Waals surface area contributed by atoms with Crippen LogP contribution in [-0.4, -0.2) is 13.1 Å². The lowest BCUT2D eigenvalue weighted by atomic mass is 10.2. The molecule has 0 spiro atoms. The second kappa shape index (κ2) is 7.08. The second-order valence-corrected chi connectivity index (χ2v) is 4.50. The van der Waals surface area contributed by atoms with Gasteiger partial charge in [0.2, 0.25) is 0 Å². The zero-order chi connectivity index (χ0) is 15.1. The van der Waals surface area contributed by atoms with Gasteiger partial charge in [-0.2, -0.15) is 5.26 Å². The van der Waals surface area contributed by atoms with Crippen LogP contribution >= 0.6 is 0 Å². The van der Waals surface area contributed by atoms with Gasteiger partial charge in [0.25, 0.3) is 0 Å². The number of carbonyl (C=O) groups excluding carboxylic acids is 1. The number of carbonyl (C=O) groups is 1. The molecule has 2 amide bonds. The highest BCUT2D eigenvalue weighted by Gasteiger charge is 2.03. The van der Waals surface area contributed by atoms with Gasteiger partial charge >= 0.3 is 6.03 Å². The molecule has 5 heteroatoms. The first-order chi connectivity index (χ1) is 10.2. The van der Waals surface area contributed by atoms with Crippen LogP contribution in [-0.2, 0) is 6.54 Å². The standard InChI is InChI=1S/C16H16N4O/c1-18-11-13-3-2-4-15(9-13)20-16(21)19-14-7-5-12(10-17)6-8-14/h2-9,18H,11H2,1H3,(H2,19,20,21). The molecule has 0 saturated heterocycles. The number of nitrogens with zero attached hydrogens (tertiary/aromatic N) is 1. The molecule has 0 radical (unpaired) electrons. The molecular formula is C16H16N4O. The fourth-order valence-electron chi connectivity index (χ4n) is 1.88. The predicted molar refractivity (Wildman–Crippen MR) is 83.0 cm³/mol. The van der Waals surface area contributed by atoms with Crippen LogP contribution in [0, 0.1) is 11.3 Å². The highest BCUT2D eigenvalue weighted by molar-refractivity contribution is 5.99. The summed E-state index contributed by atoms with van der Waals surface area (Å²) in [5.41, 5.74) is 3.01. The maximum atomic E-state index is 11.9. The molecule has 106 valence electrons. The van der Waals surface area contributed by atoms with Crippen molar-refractivity contribution >= 4 is 17.4 Å². The maximum Gasteiger partial charge on any atom is 0.323 e. The van der Waals surface area contributed by atoms with Crippen molar-refractivity contribution in [3.8, 4) is 6.07 Å². The maximum absolute atomic E-state index is 11.9. The first-order valence-electron chi connectivity index (χ1n) is 6.53. The van der Waals surface area contributed by atoms with E-state index in [4.69, 9.17) is 5.26 Å². The van der Waals surface area contributed by atoms with Gasteiger partial charge in [-0.1, -0.05) is 12.1 Å². The van der Waals surface area contributed by atoms with Crippen molar-refractivity contribution < 1.29 is 4.79 Å². The molecule has 0 unspecified atom stereocenters. The number of rotatable bonds is 4. The largest absolute Gasteiger partial charge is 0.323 e. The van der Waals surface area contributed by atoms with Gasteiger partial charge in [0.15, 0.2) is 0 Å². The molecule has 0 saturated carbocycles. The second-order valence-electron chi connectivity index (χ2n) is 4.50. The summed E-state index contributed by atoms with van der Waals surface area (Å²) in [7, 11) is 1.87. The van der Waals surface area contributed by atoms with E-state index >= 15 is 0 Å². The molecule has 2 aromatic rings. The van der Waals surface area contributed by atoms with E-state index in [1.807, 2.05) is 37.4 Å². The lowest BCUT2D eigenvalue weighted by molar-refractivity contribution is 0.262. The summed E-state index contributed by atoms with van der Waals surface area (Å²) >= 11 is 0. The van der Waals surface area contributed by atoms with Gasteiger partial charge in [0, 0.05) is 17.9 Å². The molecule has 0 fully saturated rings. The Balaban J connectivity index is 1.97. The van der Waals surface area contributed by atoms with Crippen molar-refractivity contribution in [3.63, 3.8) is 0 Å². The van der Waals surface area contributed by atoms with Crippen molar-refractivity contribution in [1.82, 2.24) is 5.32 Å². The molecule has 3 N–H and O–H groups in total. The Morgan fingerprint density at radius 2 is 1.81 bits per heavy atom. The minimum absolute atomic E-state index is 0.318. The minimum atomic E-state index is -0.318.